The van der Waals surface area contributed by atoms with E-state index < -0.39 is 0 Å². The lowest BCUT2D eigenvalue weighted by atomic mass is 10.3. The Labute approximate surface area is 59.5 Å². The summed E-state index contributed by atoms with van der Waals surface area (Å²) in [4.78, 5) is 3.84. The van der Waals surface area contributed by atoms with Gasteiger partial charge in [0, 0.05) is 12.3 Å². The molecule has 1 aromatic rings. The summed E-state index contributed by atoms with van der Waals surface area (Å²) in [5.74, 6) is 0. The fourth-order valence-electron chi connectivity index (χ4n) is 0.450. The molecule has 0 spiro atoms. The number of hydrogen-bond acceptors (Lipinski definition) is 1. The molecule has 0 aliphatic carbocycles. The van der Waals surface area contributed by atoms with Crippen LogP contribution in [-0.4, -0.2) is 4.98 Å². The summed E-state index contributed by atoms with van der Waals surface area (Å²) in [7, 11) is 0. The summed E-state index contributed by atoms with van der Waals surface area (Å²) >= 11 is 5.50. The van der Waals surface area contributed by atoms with Gasteiger partial charge in [-0.1, -0.05) is 17.7 Å². The van der Waals surface area contributed by atoms with Crippen LogP contribution in [0.2, 0.25) is 5.15 Å². The van der Waals surface area contributed by atoms with Gasteiger partial charge in [-0.3, -0.25) is 0 Å². The van der Waals surface area contributed by atoms with Crippen LogP contribution in [-0.2, 0) is 0 Å². The Kier molecular flexibility index (Phi) is 3.20. The van der Waals surface area contributed by atoms with Crippen LogP contribution < -0.4 is 6.15 Å². The smallest absolute Gasteiger partial charge is 0.129 e. The van der Waals surface area contributed by atoms with Crippen molar-refractivity contribution in [1.29, 1.82) is 0 Å². The summed E-state index contributed by atoms with van der Waals surface area (Å²) in [5.41, 5.74) is 1.13. The van der Waals surface area contributed by atoms with E-state index in [1.807, 2.05) is 13.0 Å². The van der Waals surface area contributed by atoms with Gasteiger partial charge in [-0.15, -0.1) is 0 Å². The van der Waals surface area contributed by atoms with E-state index in [1.54, 1.807) is 12.3 Å². The molecule has 9 heavy (non-hydrogen) atoms. The van der Waals surface area contributed by atoms with E-state index in [4.69, 9.17) is 11.6 Å². The van der Waals surface area contributed by atoms with Gasteiger partial charge in [0.15, 0.2) is 0 Å². The summed E-state index contributed by atoms with van der Waals surface area (Å²) in [5, 5.41) is 0.551. The maximum Gasteiger partial charge on any atom is 0.129 e. The fraction of sp³-hybridized carbons (Fsp3) is 0.167. The number of aromatic nitrogens is 1. The van der Waals surface area contributed by atoms with Gasteiger partial charge in [-0.05, 0) is 18.6 Å². The first-order chi connectivity index (χ1) is 3.79. The molecule has 0 fully saturated rings. The zero-order valence-electron chi connectivity index (χ0n) is 5.00. The lowest BCUT2D eigenvalue weighted by molar-refractivity contribution is 1.27. The Morgan fingerprint density at radius 1 is 1.44 bits per heavy atom. The Balaban J connectivity index is 0.000000640. The molecule has 1 heterocycles. The van der Waals surface area contributed by atoms with Gasteiger partial charge >= 0.3 is 0 Å². The van der Waals surface area contributed by atoms with Crippen LogP contribution in [0.15, 0.2) is 18.3 Å². The maximum atomic E-state index is 5.50. The molecule has 0 bridgehead atoms. The third kappa shape index (κ3) is 2.44. The third-order valence-electron chi connectivity index (χ3n) is 0.875. The lowest BCUT2D eigenvalue weighted by Crippen LogP contribution is -1.73. The summed E-state index contributed by atoms with van der Waals surface area (Å²) in [6, 6.07) is 3.70. The molecular weight excluding hydrogens is 136 g/mol. The Hall–Kier alpha value is -0.600. The van der Waals surface area contributed by atoms with Crippen molar-refractivity contribution in [2.24, 2.45) is 0 Å². The van der Waals surface area contributed by atoms with Crippen LogP contribution >= 0.6 is 11.6 Å². The van der Waals surface area contributed by atoms with Gasteiger partial charge in [-0.2, -0.15) is 0 Å². The molecule has 0 saturated heterocycles. The highest BCUT2D eigenvalue weighted by Crippen LogP contribution is 2.02. The van der Waals surface area contributed by atoms with Crippen molar-refractivity contribution in [3.63, 3.8) is 0 Å². The average Bonchev–Trinajstić information content (AvgIpc) is 1.77. The van der Waals surface area contributed by atoms with Crippen LogP contribution in [0.5, 0.6) is 0 Å². The minimum Gasteiger partial charge on any atom is -0.244 e. The summed E-state index contributed by atoms with van der Waals surface area (Å²) in [6.45, 7) is 1.98. The van der Waals surface area contributed by atoms with Crippen LogP contribution in [0, 0.1) is 6.92 Å². The second-order valence-corrected chi connectivity index (χ2v) is 2.05. The standard InChI is InChI=1S/C6H6ClN.N/c1-5-2-3-6(7)8-4-5;/h2-4H,1H3;. The van der Waals surface area contributed by atoms with Gasteiger partial charge in [-0.25, -0.2) is 4.98 Å². The van der Waals surface area contributed by atoms with E-state index >= 15 is 0 Å². The fourth-order valence-corrected chi connectivity index (χ4v) is 0.562. The lowest BCUT2D eigenvalue weighted by Gasteiger charge is -1.87. The molecule has 0 aromatic carbocycles. The maximum absolute atomic E-state index is 5.50. The number of halogens is 1. The molecule has 0 aliphatic heterocycles. The molecule has 0 aliphatic rings. The predicted molar refractivity (Wildman–Crippen MR) is 36.1 cm³/mol. The van der Waals surface area contributed by atoms with Crippen LogP contribution in [0.3, 0.4) is 0 Å². The molecular formula is C6H6ClN2. The molecule has 1 rings (SSSR count). The van der Waals surface area contributed by atoms with Gasteiger partial charge in [0.1, 0.15) is 5.15 Å². The Bertz CT molecular complexity index is 150. The molecule has 0 amide bonds. The Morgan fingerprint density at radius 2 is 2.11 bits per heavy atom. The number of pyridine rings is 1. The van der Waals surface area contributed by atoms with E-state index in [-0.39, 0.29) is 6.15 Å². The third-order valence-corrected chi connectivity index (χ3v) is 1.10. The minimum atomic E-state index is 0. The monoisotopic (exact) mass is 141 g/mol. The van der Waals surface area contributed by atoms with Crippen LogP contribution in [0.4, 0.5) is 0 Å². The zero-order chi connectivity index (χ0) is 5.98. The summed E-state index contributed by atoms with van der Waals surface area (Å²) < 4.78 is 0. The second kappa shape index (κ2) is 3.43. The molecule has 0 saturated carbocycles. The normalized spacial score (nSPS) is 8.22. The van der Waals surface area contributed by atoms with Crippen molar-refractivity contribution in [3.05, 3.63) is 29.0 Å². The van der Waals surface area contributed by atoms with E-state index in [1.165, 1.54) is 0 Å². The SMILES string of the molecule is Cc1ccc(Cl)nc1.[N]. The number of nitrogens with zero attached hydrogens (tertiary/aromatic N) is 2. The van der Waals surface area contributed by atoms with E-state index in [0.717, 1.165) is 5.56 Å². The number of rotatable bonds is 0. The van der Waals surface area contributed by atoms with Gasteiger partial charge in [0.25, 0.3) is 0 Å². The molecule has 1 aromatic heterocycles. The van der Waals surface area contributed by atoms with E-state index in [2.05, 4.69) is 4.98 Å². The quantitative estimate of drug-likeness (QED) is 0.506. The highest BCUT2D eigenvalue weighted by atomic mass is 35.5. The highest BCUT2D eigenvalue weighted by Gasteiger charge is 1.83. The minimum absolute atomic E-state index is 0. The molecule has 2 nitrogen and oxygen atoms in total. The van der Waals surface area contributed by atoms with Crippen molar-refractivity contribution in [2.45, 2.75) is 6.92 Å². The topological polar surface area (TPSA) is 43.4 Å². The zero-order valence-corrected chi connectivity index (χ0v) is 5.76. The number of aryl methyl sites for hydroxylation is 1. The molecule has 0 unspecified atom stereocenters. The molecule has 3 radical (unpaired) electrons. The Morgan fingerprint density at radius 3 is 2.44 bits per heavy atom. The van der Waals surface area contributed by atoms with Gasteiger partial charge < -0.3 is 0 Å². The van der Waals surface area contributed by atoms with Gasteiger partial charge in [0.05, 0.1) is 0 Å². The van der Waals surface area contributed by atoms with Crippen molar-refractivity contribution < 1.29 is 0 Å². The molecule has 3 heteroatoms. The predicted octanol–water partition coefficient (Wildman–Crippen LogP) is 1.56. The summed E-state index contributed by atoms with van der Waals surface area (Å²) in [6.07, 6.45) is 1.74. The van der Waals surface area contributed by atoms with Gasteiger partial charge in [0.2, 0.25) is 0 Å². The second-order valence-electron chi connectivity index (χ2n) is 1.66. The molecule has 0 atom stereocenters. The molecule has 47 valence electrons. The molecule has 0 N–H and O–H groups in total. The first-order valence-corrected chi connectivity index (χ1v) is 2.75. The first-order valence-electron chi connectivity index (χ1n) is 2.37. The van der Waals surface area contributed by atoms with Crippen molar-refractivity contribution in [3.8, 4) is 0 Å². The van der Waals surface area contributed by atoms with E-state index in [0.29, 0.717) is 5.15 Å². The van der Waals surface area contributed by atoms with Crippen molar-refractivity contribution >= 4 is 11.6 Å². The van der Waals surface area contributed by atoms with Crippen molar-refractivity contribution in [2.75, 3.05) is 0 Å². The van der Waals surface area contributed by atoms with Crippen LogP contribution in [0.25, 0.3) is 0 Å². The van der Waals surface area contributed by atoms with E-state index in [9.17, 15) is 0 Å². The average molecular weight is 142 g/mol. The van der Waals surface area contributed by atoms with Crippen LogP contribution in [0.1, 0.15) is 5.56 Å². The van der Waals surface area contributed by atoms with Crippen molar-refractivity contribution in [1.82, 2.24) is 11.1 Å². The number of hydrogen-bond donors (Lipinski definition) is 0. The largest absolute Gasteiger partial charge is 0.244 e. The first kappa shape index (κ1) is 8.40. The highest BCUT2D eigenvalue weighted by molar-refractivity contribution is 6.29.